The maximum atomic E-state index is 14.7. The van der Waals surface area contributed by atoms with Crippen LogP contribution in [0.3, 0.4) is 0 Å². The van der Waals surface area contributed by atoms with Gasteiger partial charge in [0.1, 0.15) is 48.4 Å². The van der Waals surface area contributed by atoms with E-state index >= 15 is 0 Å². The standard InChI is InChI=1S/C24H18F4O6/c25-19-21(27)24(34-16-6-2-4-14(8-16)30-10-18-12-32-18)22(28)20(26)23(19)33-15-5-1-3-13(7-15)29-9-17-11-31-17/h1-8,17-18H,9-12H2. The van der Waals surface area contributed by atoms with E-state index in [2.05, 4.69) is 0 Å². The zero-order valence-electron chi connectivity index (χ0n) is 17.6. The van der Waals surface area contributed by atoms with Crippen LogP contribution in [0.15, 0.2) is 48.5 Å². The molecular weight excluding hydrogens is 460 g/mol. The van der Waals surface area contributed by atoms with Gasteiger partial charge in [-0.15, -0.1) is 0 Å². The van der Waals surface area contributed by atoms with E-state index in [0.717, 1.165) is 0 Å². The van der Waals surface area contributed by atoms with Crippen LogP contribution in [-0.2, 0) is 9.47 Å². The second-order valence-corrected chi connectivity index (χ2v) is 7.60. The monoisotopic (exact) mass is 478 g/mol. The van der Waals surface area contributed by atoms with Gasteiger partial charge in [-0.05, 0) is 24.3 Å². The van der Waals surface area contributed by atoms with Gasteiger partial charge in [0.25, 0.3) is 0 Å². The molecule has 2 aliphatic rings. The quantitative estimate of drug-likeness (QED) is 0.222. The molecule has 2 saturated heterocycles. The van der Waals surface area contributed by atoms with Crippen molar-refractivity contribution in [1.29, 1.82) is 0 Å². The minimum atomic E-state index is -1.75. The molecule has 0 radical (unpaired) electrons. The molecule has 6 nitrogen and oxygen atoms in total. The molecule has 0 aromatic heterocycles. The molecule has 0 saturated carbocycles. The lowest BCUT2D eigenvalue weighted by Gasteiger charge is -2.14. The molecule has 10 heteroatoms. The minimum Gasteiger partial charge on any atom is -0.491 e. The van der Waals surface area contributed by atoms with Gasteiger partial charge < -0.3 is 28.4 Å². The lowest BCUT2D eigenvalue weighted by molar-refractivity contribution is 0.261. The van der Waals surface area contributed by atoms with Crippen LogP contribution in [0.5, 0.6) is 34.5 Å². The largest absolute Gasteiger partial charge is 0.491 e. The third kappa shape index (κ3) is 5.18. The molecule has 3 aromatic carbocycles. The van der Waals surface area contributed by atoms with Gasteiger partial charge in [-0.1, -0.05) is 12.1 Å². The molecule has 2 fully saturated rings. The van der Waals surface area contributed by atoms with Gasteiger partial charge in [-0.25, -0.2) is 0 Å². The number of ether oxygens (including phenoxy) is 6. The Hall–Kier alpha value is -3.50. The fraction of sp³-hybridized carbons (Fsp3) is 0.250. The molecule has 0 spiro atoms. The van der Waals surface area contributed by atoms with Crippen LogP contribution in [0.25, 0.3) is 0 Å². The van der Waals surface area contributed by atoms with Crippen LogP contribution in [0.1, 0.15) is 0 Å². The van der Waals surface area contributed by atoms with Crippen LogP contribution in [-0.4, -0.2) is 38.6 Å². The zero-order valence-corrected chi connectivity index (χ0v) is 17.6. The number of benzene rings is 3. The van der Waals surface area contributed by atoms with Crippen molar-refractivity contribution in [3.8, 4) is 34.5 Å². The molecule has 0 bridgehead atoms. The van der Waals surface area contributed by atoms with E-state index in [-0.39, 0.29) is 23.7 Å². The first-order valence-corrected chi connectivity index (χ1v) is 10.4. The third-order valence-corrected chi connectivity index (χ3v) is 4.91. The summed E-state index contributed by atoms with van der Waals surface area (Å²) in [7, 11) is 0. The Labute approximate surface area is 191 Å². The summed E-state index contributed by atoms with van der Waals surface area (Å²) in [6, 6.07) is 11.6. The molecule has 0 aliphatic carbocycles. The van der Waals surface area contributed by atoms with Gasteiger partial charge in [0.2, 0.25) is 34.8 Å². The number of epoxide rings is 2. The lowest BCUT2D eigenvalue weighted by Crippen LogP contribution is -2.05. The van der Waals surface area contributed by atoms with Gasteiger partial charge in [0, 0.05) is 12.1 Å². The SMILES string of the molecule is Fc1c(F)c(Oc2cccc(OCC3CO3)c2)c(F)c(F)c1Oc1cccc(OCC2CO2)c1. The molecule has 178 valence electrons. The topological polar surface area (TPSA) is 62.0 Å². The normalized spacial score (nSPS) is 18.4. The first-order chi connectivity index (χ1) is 16.5. The number of rotatable bonds is 10. The van der Waals surface area contributed by atoms with Gasteiger partial charge in [-0.3, -0.25) is 0 Å². The van der Waals surface area contributed by atoms with Crippen molar-refractivity contribution in [2.75, 3.05) is 26.4 Å². The average Bonchev–Trinajstić information content (AvgIpc) is 3.76. The Balaban J connectivity index is 1.35. The highest BCUT2D eigenvalue weighted by Gasteiger charge is 2.29. The summed E-state index contributed by atoms with van der Waals surface area (Å²) < 4.78 is 90.0. The summed E-state index contributed by atoms with van der Waals surface area (Å²) in [6.07, 6.45) is -0.00987. The summed E-state index contributed by atoms with van der Waals surface area (Å²) in [6.45, 7) is 1.77. The van der Waals surface area contributed by atoms with E-state index in [1.807, 2.05) is 0 Å². The Bertz CT molecular complexity index is 1070. The van der Waals surface area contributed by atoms with Crippen molar-refractivity contribution in [2.45, 2.75) is 12.2 Å². The maximum absolute atomic E-state index is 14.7. The van der Waals surface area contributed by atoms with Crippen molar-refractivity contribution in [2.24, 2.45) is 0 Å². The Kier molecular flexibility index (Phi) is 6.16. The zero-order chi connectivity index (χ0) is 23.7. The summed E-state index contributed by atoms with van der Waals surface area (Å²) in [4.78, 5) is 0. The number of hydrogen-bond acceptors (Lipinski definition) is 6. The van der Waals surface area contributed by atoms with E-state index in [9.17, 15) is 17.6 Å². The van der Waals surface area contributed by atoms with Crippen molar-refractivity contribution in [3.63, 3.8) is 0 Å². The fourth-order valence-electron chi connectivity index (χ4n) is 2.97. The second-order valence-electron chi connectivity index (χ2n) is 7.60. The lowest BCUT2D eigenvalue weighted by atomic mass is 10.2. The van der Waals surface area contributed by atoms with E-state index in [4.69, 9.17) is 28.4 Å². The van der Waals surface area contributed by atoms with Crippen molar-refractivity contribution >= 4 is 0 Å². The summed E-state index contributed by atoms with van der Waals surface area (Å²) in [5.74, 6) is -8.95. The average molecular weight is 478 g/mol. The first-order valence-electron chi connectivity index (χ1n) is 10.4. The highest BCUT2D eigenvalue weighted by molar-refractivity contribution is 5.44. The molecular formula is C24H18F4O6. The van der Waals surface area contributed by atoms with Crippen LogP contribution in [0.2, 0.25) is 0 Å². The molecule has 34 heavy (non-hydrogen) atoms. The fourth-order valence-corrected chi connectivity index (χ4v) is 2.97. The molecule has 3 aromatic rings. The van der Waals surface area contributed by atoms with E-state index in [0.29, 0.717) is 37.9 Å². The predicted molar refractivity (Wildman–Crippen MR) is 110 cm³/mol. The second kappa shape index (κ2) is 9.40. The highest BCUT2D eigenvalue weighted by Crippen LogP contribution is 2.39. The first kappa shape index (κ1) is 22.3. The molecule has 0 N–H and O–H groups in total. The Morgan fingerprint density at radius 3 is 1.32 bits per heavy atom. The van der Waals surface area contributed by atoms with Gasteiger partial charge in [0.15, 0.2) is 0 Å². The van der Waals surface area contributed by atoms with E-state index in [1.165, 1.54) is 36.4 Å². The summed E-state index contributed by atoms with van der Waals surface area (Å²) in [5, 5.41) is 0. The van der Waals surface area contributed by atoms with Crippen LogP contribution >= 0.6 is 0 Å². The Morgan fingerprint density at radius 1 is 0.618 bits per heavy atom. The van der Waals surface area contributed by atoms with Crippen molar-refractivity contribution in [3.05, 3.63) is 71.8 Å². The third-order valence-electron chi connectivity index (χ3n) is 4.91. The van der Waals surface area contributed by atoms with Crippen LogP contribution in [0.4, 0.5) is 17.6 Å². The number of halogens is 4. The highest BCUT2D eigenvalue weighted by atomic mass is 19.2. The molecule has 2 unspecified atom stereocenters. The molecule has 2 aliphatic heterocycles. The van der Waals surface area contributed by atoms with E-state index < -0.39 is 34.8 Å². The number of hydrogen-bond donors (Lipinski definition) is 0. The van der Waals surface area contributed by atoms with Gasteiger partial charge in [0.05, 0.1) is 13.2 Å². The molecule has 5 rings (SSSR count). The van der Waals surface area contributed by atoms with E-state index in [1.54, 1.807) is 12.1 Å². The minimum absolute atomic E-state index is 0.00494. The molecule has 2 heterocycles. The summed E-state index contributed by atoms with van der Waals surface area (Å²) >= 11 is 0. The van der Waals surface area contributed by atoms with Crippen molar-refractivity contribution < 1.29 is 46.0 Å². The molecule has 2 atom stereocenters. The molecule has 0 amide bonds. The smallest absolute Gasteiger partial charge is 0.208 e. The van der Waals surface area contributed by atoms with Crippen molar-refractivity contribution in [1.82, 2.24) is 0 Å². The van der Waals surface area contributed by atoms with Gasteiger partial charge in [-0.2, -0.15) is 17.6 Å². The maximum Gasteiger partial charge on any atom is 0.208 e. The van der Waals surface area contributed by atoms with Gasteiger partial charge >= 0.3 is 0 Å². The van der Waals surface area contributed by atoms with Crippen LogP contribution < -0.4 is 18.9 Å². The van der Waals surface area contributed by atoms with Crippen LogP contribution in [0, 0.1) is 23.3 Å². The predicted octanol–water partition coefficient (Wildman–Crippen LogP) is 5.38. The summed E-state index contributed by atoms with van der Waals surface area (Å²) in [5.41, 5.74) is 0. The Morgan fingerprint density at radius 2 is 0.971 bits per heavy atom.